The van der Waals surface area contributed by atoms with Gasteiger partial charge in [-0.2, -0.15) is 0 Å². The molecule has 1 aliphatic rings. The maximum absolute atomic E-state index is 6.08. The summed E-state index contributed by atoms with van der Waals surface area (Å²) in [5, 5.41) is 3.68. The van der Waals surface area contributed by atoms with Crippen molar-refractivity contribution in [3.8, 4) is 0 Å². The van der Waals surface area contributed by atoms with Crippen molar-refractivity contribution >= 4 is 0 Å². The fraction of sp³-hybridized carbons (Fsp3) is 1.00. The lowest BCUT2D eigenvalue weighted by Crippen LogP contribution is -2.39. The molecule has 1 fully saturated rings. The van der Waals surface area contributed by atoms with Gasteiger partial charge in [0, 0.05) is 12.6 Å². The van der Waals surface area contributed by atoms with Gasteiger partial charge < -0.3 is 10.1 Å². The van der Waals surface area contributed by atoms with Crippen LogP contribution in [0.2, 0.25) is 0 Å². The number of hydrogen-bond donors (Lipinski definition) is 1. The van der Waals surface area contributed by atoms with Crippen molar-refractivity contribution in [2.24, 2.45) is 5.41 Å². The van der Waals surface area contributed by atoms with Gasteiger partial charge >= 0.3 is 0 Å². The zero-order valence-corrected chi connectivity index (χ0v) is 13.8. The molecule has 2 nitrogen and oxygen atoms in total. The zero-order chi connectivity index (χ0) is 14.3. The lowest BCUT2D eigenvalue weighted by molar-refractivity contribution is 0.0165. The van der Waals surface area contributed by atoms with E-state index in [4.69, 9.17) is 4.74 Å². The van der Waals surface area contributed by atoms with Crippen LogP contribution in [0.4, 0.5) is 0 Å². The Morgan fingerprint density at radius 3 is 2.47 bits per heavy atom. The third kappa shape index (κ3) is 5.83. The highest BCUT2D eigenvalue weighted by Crippen LogP contribution is 2.37. The van der Waals surface area contributed by atoms with Crippen LogP contribution in [0.25, 0.3) is 0 Å². The van der Waals surface area contributed by atoms with Crippen molar-refractivity contribution in [3.63, 3.8) is 0 Å². The minimum atomic E-state index is 0.439. The van der Waals surface area contributed by atoms with Crippen LogP contribution in [0.1, 0.15) is 79.6 Å². The first-order valence-electron chi connectivity index (χ1n) is 8.40. The van der Waals surface area contributed by atoms with E-state index in [0.717, 1.165) is 6.54 Å². The van der Waals surface area contributed by atoms with E-state index in [-0.39, 0.29) is 0 Å². The Morgan fingerprint density at radius 2 is 2.00 bits per heavy atom. The normalized spacial score (nSPS) is 26.8. The third-order valence-corrected chi connectivity index (χ3v) is 4.68. The molecule has 0 aromatic heterocycles. The van der Waals surface area contributed by atoms with Crippen molar-refractivity contribution in [3.05, 3.63) is 0 Å². The highest BCUT2D eigenvalue weighted by Gasteiger charge is 2.34. The van der Waals surface area contributed by atoms with Gasteiger partial charge in [0.25, 0.3) is 0 Å². The Kier molecular flexibility index (Phi) is 7.38. The quantitative estimate of drug-likeness (QED) is 0.664. The maximum atomic E-state index is 6.08. The summed E-state index contributed by atoms with van der Waals surface area (Å²) in [7, 11) is 0. The average Bonchev–Trinajstić information content (AvgIpc) is 2.78. The molecule has 0 aromatic rings. The van der Waals surface area contributed by atoms with Gasteiger partial charge in [0.1, 0.15) is 0 Å². The molecule has 1 saturated heterocycles. The fourth-order valence-electron chi connectivity index (χ4n) is 3.20. The van der Waals surface area contributed by atoms with E-state index in [2.05, 4.69) is 39.9 Å². The van der Waals surface area contributed by atoms with Gasteiger partial charge in [-0.3, -0.25) is 0 Å². The van der Waals surface area contributed by atoms with Crippen LogP contribution in [0.15, 0.2) is 0 Å². The Bertz CT molecular complexity index is 241. The van der Waals surface area contributed by atoms with Crippen LogP contribution >= 0.6 is 0 Å². The summed E-state index contributed by atoms with van der Waals surface area (Å²) in [6.45, 7) is 12.5. The van der Waals surface area contributed by atoms with Gasteiger partial charge in [0.05, 0.1) is 12.2 Å². The van der Waals surface area contributed by atoms with Gasteiger partial charge in [-0.1, -0.05) is 40.5 Å². The van der Waals surface area contributed by atoms with Gasteiger partial charge in [-0.05, 0) is 44.4 Å². The molecule has 0 aromatic carbocycles. The second-order valence-electron chi connectivity index (χ2n) is 6.84. The summed E-state index contributed by atoms with van der Waals surface area (Å²) < 4.78 is 6.08. The summed E-state index contributed by atoms with van der Waals surface area (Å²) in [6, 6.07) is 0.580. The molecule has 114 valence electrons. The molecular weight excluding hydrogens is 234 g/mol. The summed E-state index contributed by atoms with van der Waals surface area (Å²) >= 11 is 0. The van der Waals surface area contributed by atoms with E-state index in [1.165, 1.54) is 44.9 Å². The first-order valence-corrected chi connectivity index (χ1v) is 8.40. The molecule has 0 aliphatic carbocycles. The van der Waals surface area contributed by atoms with Gasteiger partial charge in [0.2, 0.25) is 0 Å². The number of nitrogens with one attached hydrogen (secondary N) is 1. The molecule has 0 spiro atoms. The molecular formula is C17H35NO. The van der Waals surface area contributed by atoms with E-state index in [1.807, 2.05) is 0 Å². The topological polar surface area (TPSA) is 21.3 Å². The number of ether oxygens (including phenoxy) is 1. The van der Waals surface area contributed by atoms with Crippen molar-refractivity contribution in [1.29, 1.82) is 0 Å². The standard InChI is InChI=1S/C17H35NO/c1-6-8-11-17(7-2,13-18-14(3)4)12-16-10-9-15(5)19-16/h14-16,18H,6-13H2,1-5H3. The summed E-state index contributed by atoms with van der Waals surface area (Å²) in [4.78, 5) is 0. The molecule has 0 radical (unpaired) electrons. The third-order valence-electron chi connectivity index (χ3n) is 4.68. The van der Waals surface area contributed by atoms with E-state index in [0.29, 0.717) is 23.7 Å². The molecule has 3 unspecified atom stereocenters. The van der Waals surface area contributed by atoms with Gasteiger partial charge in [0.15, 0.2) is 0 Å². The Balaban J connectivity index is 2.59. The summed E-state index contributed by atoms with van der Waals surface area (Å²) in [5.41, 5.74) is 0.439. The zero-order valence-electron chi connectivity index (χ0n) is 13.8. The molecule has 0 amide bonds. The van der Waals surface area contributed by atoms with Crippen LogP contribution in [-0.4, -0.2) is 24.8 Å². The maximum Gasteiger partial charge on any atom is 0.0585 e. The second kappa shape index (κ2) is 8.26. The molecule has 19 heavy (non-hydrogen) atoms. The Labute approximate surface area is 120 Å². The van der Waals surface area contributed by atoms with Crippen molar-refractivity contribution in [2.45, 2.75) is 97.8 Å². The average molecular weight is 269 g/mol. The van der Waals surface area contributed by atoms with E-state index in [1.54, 1.807) is 0 Å². The van der Waals surface area contributed by atoms with E-state index >= 15 is 0 Å². The minimum Gasteiger partial charge on any atom is -0.375 e. The lowest BCUT2D eigenvalue weighted by atomic mass is 9.75. The Morgan fingerprint density at radius 1 is 1.26 bits per heavy atom. The molecule has 1 rings (SSSR count). The predicted octanol–water partition coefficient (Wildman–Crippen LogP) is 4.53. The number of hydrogen-bond acceptors (Lipinski definition) is 2. The lowest BCUT2D eigenvalue weighted by Gasteiger charge is -2.36. The number of unbranched alkanes of at least 4 members (excludes halogenated alkanes) is 1. The first-order chi connectivity index (χ1) is 9.01. The smallest absolute Gasteiger partial charge is 0.0585 e. The highest BCUT2D eigenvalue weighted by atomic mass is 16.5. The molecule has 0 bridgehead atoms. The van der Waals surface area contributed by atoms with Crippen LogP contribution in [-0.2, 0) is 4.74 Å². The first kappa shape index (κ1) is 17.0. The molecule has 1 aliphatic heterocycles. The fourth-order valence-corrected chi connectivity index (χ4v) is 3.20. The highest BCUT2D eigenvalue weighted by molar-refractivity contribution is 4.86. The minimum absolute atomic E-state index is 0.439. The van der Waals surface area contributed by atoms with Crippen molar-refractivity contribution < 1.29 is 4.74 Å². The van der Waals surface area contributed by atoms with E-state index in [9.17, 15) is 0 Å². The van der Waals surface area contributed by atoms with Gasteiger partial charge in [-0.25, -0.2) is 0 Å². The Hall–Kier alpha value is -0.0800. The number of rotatable bonds is 9. The second-order valence-corrected chi connectivity index (χ2v) is 6.84. The predicted molar refractivity (Wildman–Crippen MR) is 83.6 cm³/mol. The van der Waals surface area contributed by atoms with E-state index < -0.39 is 0 Å². The SMILES string of the molecule is CCCCC(CC)(CNC(C)C)CC1CCC(C)O1. The van der Waals surface area contributed by atoms with Crippen LogP contribution in [0, 0.1) is 5.41 Å². The summed E-state index contributed by atoms with van der Waals surface area (Å²) in [5.74, 6) is 0. The molecule has 1 N–H and O–H groups in total. The molecule has 1 heterocycles. The molecule has 0 saturated carbocycles. The molecule has 2 heteroatoms. The largest absolute Gasteiger partial charge is 0.375 e. The van der Waals surface area contributed by atoms with Crippen LogP contribution < -0.4 is 5.32 Å². The summed E-state index contributed by atoms with van der Waals surface area (Å²) in [6.07, 6.45) is 9.97. The molecule has 3 atom stereocenters. The monoisotopic (exact) mass is 269 g/mol. The van der Waals surface area contributed by atoms with Gasteiger partial charge in [-0.15, -0.1) is 0 Å². The van der Waals surface area contributed by atoms with Crippen LogP contribution in [0.5, 0.6) is 0 Å². The van der Waals surface area contributed by atoms with Crippen LogP contribution in [0.3, 0.4) is 0 Å². The van der Waals surface area contributed by atoms with Crippen molar-refractivity contribution in [1.82, 2.24) is 5.32 Å². The van der Waals surface area contributed by atoms with Crippen molar-refractivity contribution in [2.75, 3.05) is 6.54 Å².